The summed E-state index contributed by atoms with van der Waals surface area (Å²) >= 11 is 0. The van der Waals surface area contributed by atoms with E-state index in [0.29, 0.717) is 12.0 Å². The molecule has 3 heteroatoms. The fourth-order valence-electron chi connectivity index (χ4n) is 2.81. The maximum Gasteiger partial charge on any atom is 0.144 e. The van der Waals surface area contributed by atoms with Crippen LogP contribution in [0.3, 0.4) is 0 Å². The van der Waals surface area contributed by atoms with Crippen LogP contribution in [-0.2, 0) is 0 Å². The van der Waals surface area contributed by atoms with E-state index in [1.54, 1.807) is 18.6 Å². The topological polar surface area (TPSA) is 37.8 Å². The van der Waals surface area contributed by atoms with E-state index in [-0.39, 0.29) is 0 Å². The molecule has 0 aromatic carbocycles. The van der Waals surface area contributed by atoms with Gasteiger partial charge in [-0.05, 0) is 18.8 Å². The monoisotopic (exact) mass is 233 g/mol. The van der Waals surface area contributed by atoms with Crippen LogP contribution >= 0.6 is 0 Å². The van der Waals surface area contributed by atoms with Gasteiger partial charge in [0, 0.05) is 18.4 Å². The minimum atomic E-state index is 0.467. The Bertz CT molecular complexity index is 319. The van der Waals surface area contributed by atoms with Gasteiger partial charge in [0.05, 0.1) is 6.20 Å². The average Bonchev–Trinajstić information content (AvgIpc) is 2.40. The van der Waals surface area contributed by atoms with Gasteiger partial charge in [-0.25, -0.2) is 4.98 Å². The van der Waals surface area contributed by atoms with Gasteiger partial charge >= 0.3 is 0 Å². The number of nitrogens with zero attached hydrogens (tertiary/aromatic N) is 2. The number of hydrogen-bond acceptors (Lipinski definition) is 3. The molecule has 3 nitrogen and oxygen atoms in total. The molecule has 0 aliphatic heterocycles. The van der Waals surface area contributed by atoms with Crippen molar-refractivity contribution >= 4 is 5.82 Å². The van der Waals surface area contributed by atoms with E-state index in [1.165, 1.54) is 32.1 Å². The molecule has 0 spiro atoms. The molecule has 1 aromatic rings. The fraction of sp³-hybridized carbons (Fsp3) is 0.714. The summed E-state index contributed by atoms with van der Waals surface area (Å²) < 4.78 is 0. The fourth-order valence-corrected chi connectivity index (χ4v) is 2.81. The van der Waals surface area contributed by atoms with E-state index in [9.17, 15) is 0 Å². The summed E-state index contributed by atoms with van der Waals surface area (Å²) in [5, 5.41) is 3.47. The highest BCUT2D eigenvalue weighted by Crippen LogP contribution is 2.32. The van der Waals surface area contributed by atoms with Crippen LogP contribution < -0.4 is 5.32 Å². The van der Waals surface area contributed by atoms with Crippen molar-refractivity contribution < 1.29 is 0 Å². The normalized spacial score (nSPS) is 20.8. The van der Waals surface area contributed by atoms with Gasteiger partial charge in [0.2, 0.25) is 0 Å². The van der Waals surface area contributed by atoms with E-state index in [0.717, 1.165) is 11.7 Å². The van der Waals surface area contributed by atoms with Crippen molar-refractivity contribution in [2.24, 2.45) is 11.8 Å². The van der Waals surface area contributed by atoms with Crippen molar-refractivity contribution in [2.75, 3.05) is 5.32 Å². The molecular formula is C14H23N3. The molecule has 1 aliphatic carbocycles. The number of nitrogens with one attached hydrogen (secondary N) is 1. The summed E-state index contributed by atoms with van der Waals surface area (Å²) in [6, 6.07) is 0.467. The molecule has 2 unspecified atom stereocenters. The smallest absolute Gasteiger partial charge is 0.144 e. The lowest BCUT2D eigenvalue weighted by molar-refractivity contribution is 0.246. The van der Waals surface area contributed by atoms with Crippen molar-refractivity contribution in [1.29, 1.82) is 0 Å². The number of hydrogen-bond donors (Lipinski definition) is 1. The van der Waals surface area contributed by atoms with Crippen molar-refractivity contribution in [1.82, 2.24) is 9.97 Å². The third-order valence-corrected chi connectivity index (χ3v) is 4.12. The van der Waals surface area contributed by atoms with Crippen molar-refractivity contribution in [2.45, 2.75) is 52.0 Å². The van der Waals surface area contributed by atoms with Crippen molar-refractivity contribution in [3.05, 3.63) is 18.6 Å². The Morgan fingerprint density at radius 1 is 1.18 bits per heavy atom. The second-order valence-electron chi connectivity index (χ2n) is 5.28. The molecule has 2 atom stereocenters. The Morgan fingerprint density at radius 2 is 1.94 bits per heavy atom. The Labute approximate surface area is 104 Å². The van der Waals surface area contributed by atoms with Crippen LogP contribution in [0.25, 0.3) is 0 Å². The third-order valence-electron chi connectivity index (χ3n) is 4.12. The first-order valence-electron chi connectivity index (χ1n) is 6.80. The molecule has 0 saturated heterocycles. The second-order valence-corrected chi connectivity index (χ2v) is 5.28. The molecule has 0 amide bonds. The first kappa shape index (κ1) is 12.3. The SMILES string of the molecule is CC(Nc1cnccn1)C(C)C1CCCCC1. The zero-order chi connectivity index (χ0) is 12.1. The molecule has 0 bridgehead atoms. The van der Waals surface area contributed by atoms with E-state index in [2.05, 4.69) is 29.1 Å². The maximum absolute atomic E-state index is 4.27. The summed E-state index contributed by atoms with van der Waals surface area (Å²) in [6.07, 6.45) is 12.3. The Hall–Kier alpha value is -1.12. The molecule has 94 valence electrons. The van der Waals surface area contributed by atoms with E-state index < -0.39 is 0 Å². The summed E-state index contributed by atoms with van der Waals surface area (Å²) in [5.74, 6) is 2.47. The molecule has 1 aromatic heterocycles. The minimum absolute atomic E-state index is 0.467. The van der Waals surface area contributed by atoms with E-state index in [1.807, 2.05) is 0 Å². The predicted octanol–water partition coefficient (Wildman–Crippen LogP) is 3.49. The van der Waals surface area contributed by atoms with Crippen LogP contribution in [0.15, 0.2) is 18.6 Å². The van der Waals surface area contributed by atoms with Gasteiger partial charge in [-0.15, -0.1) is 0 Å². The Balaban J connectivity index is 1.88. The van der Waals surface area contributed by atoms with Gasteiger partial charge in [-0.1, -0.05) is 39.0 Å². The Kier molecular flexibility index (Phi) is 4.35. The van der Waals surface area contributed by atoms with Crippen LogP contribution in [0.2, 0.25) is 0 Å². The van der Waals surface area contributed by atoms with Crippen LogP contribution in [0, 0.1) is 11.8 Å². The van der Waals surface area contributed by atoms with Crippen molar-refractivity contribution in [3.63, 3.8) is 0 Å². The molecule has 1 saturated carbocycles. The third kappa shape index (κ3) is 3.42. The van der Waals surface area contributed by atoms with Gasteiger partial charge in [-0.2, -0.15) is 0 Å². The van der Waals surface area contributed by atoms with Gasteiger partial charge in [-0.3, -0.25) is 4.98 Å². The summed E-state index contributed by atoms with van der Waals surface area (Å²) in [5.41, 5.74) is 0. The van der Waals surface area contributed by atoms with Crippen LogP contribution in [0.1, 0.15) is 46.0 Å². The lowest BCUT2D eigenvalue weighted by Gasteiger charge is -2.32. The van der Waals surface area contributed by atoms with E-state index in [4.69, 9.17) is 0 Å². The highest BCUT2D eigenvalue weighted by Gasteiger charge is 2.24. The van der Waals surface area contributed by atoms with Gasteiger partial charge in [0.1, 0.15) is 5.82 Å². The maximum atomic E-state index is 4.27. The van der Waals surface area contributed by atoms with E-state index >= 15 is 0 Å². The largest absolute Gasteiger partial charge is 0.366 e. The van der Waals surface area contributed by atoms with Gasteiger partial charge in [0.25, 0.3) is 0 Å². The minimum Gasteiger partial charge on any atom is -0.366 e. The molecule has 1 N–H and O–H groups in total. The molecule has 1 fully saturated rings. The number of rotatable bonds is 4. The highest BCUT2D eigenvalue weighted by atomic mass is 15.0. The molecule has 1 heterocycles. The molecule has 1 aliphatic rings. The zero-order valence-electron chi connectivity index (χ0n) is 10.9. The van der Waals surface area contributed by atoms with Crippen LogP contribution in [-0.4, -0.2) is 16.0 Å². The lowest BCUT2D eigenvalue weighted by atomic mass is 9.78. The lowest BCUT2D eigenvalue weighted by Crippen LogP contribution is -2.31. The summed E-state index contributed by atoms with van der Waals surface area (Å²) in [4.78, 5) is 8.36. The first-order chi connectivity index (χ1) is 8.27. The standard InChI is InChI=1S/C14H23N3/c1-11(13-6-4-3-5-7-13)12(2)17-14-10-15-8-9-16-14/h8-13H,3-7H2,1-2H3,(H,16,17). The highest BCUT2D eigenvalue weighted by molar-refractivity contribution is 5.31. The van der Waals surface area contributed by atoms with Gasteiger partial charge in [0.15, 0.2) is 0 Å². The number of anilines is 1. The van der Waals surface area contributed by atoms with Gasteiger partial charge < -0.3 is 5.32 Å². The van der Waals surface area contributed by atoms with Crippen LogP contribution in [0.4, 0.5) is 5.82 Å². The molecule has 17 heavy (non-hydrogen) atoms. The molecular weight excluding hydrogens is 210 g/mol. The first-order valence-corrected chi connectivity index (χ1v) is 6.80. The Morgan fingerprint density at radius 3 is 2.59 bits per heavy atom. The molecule has 0 radical (unpaired) electrons. The van der Waals surface area contributed by atoms with Crippen molar-refractivity contribution in [3.8, 4) is 0 Å². The average molecular weight is 233 g/mol. The molecule has 2 rings (SSSR count). The predicted molar refractivity (Wildman–Crippen MR) is 70.9 cm³/mol. The zero-order valence-corrected chi connectivity index (χ0v) is 10.9. The second kappa shape index (κ2) is 5.99. The quantitative estimate of drug-likeness (QED) is 0.865. The summed E-state index contributed by atoms with van der Waals surface area (Å²) in [6.45, 7) is 4.62. The van der Waals surface area contributed by atoms with Crippen LogP contribution in [0.5, 0.6) is 0 Å². The number of aromatic nitrogens is 2. The summed E-state index contributed by atoms with van der Waals surface area (Å²) in [7, 11) is 0.